The lowest BCUT2D eigenvalue weighted by atomic mass is 10.1. The summed E-state index contributed by atoms with van der Waals surface area (Å²) in [6, 6.07) is 5.93. The number of guanidine groups is 1. The standard InChI is InChI=1S/C20H34N4O3/c1-7-21-19(25)13-27-17-10-9-16(11-18(17)26-6)12-23-20(22-8-2)24-15(5)14(3)4/h9-11,14-15H,7-8,12-13H2,1-6H3,(H,21,25)(H2,22,23,24). The van der Waals surface area contributed by atoms with Crippen molar-refractivity contribution in [2.45, 2.75) is 47.2 Å². The van der Waals surface area contributed by atoms with Crippen LogP contribution in [0.4, 0.5) is 0 Å². The average Bonchev–Trinajstić information content (AvgIpc) is 2.64. The highest BCUT2D eigenvalue weighted by atomic mass is 16.5. The largest absolute Gasteiger partial charge is 0.493 e. The van der Waals surface area contributed by atoms with Gasteiger partial charge in [-0.15, -0.1) is 0 Å². The van der Waals surface area contributed by atoms with Crippen molar-refractivity contribution in [3.05, 3.63) is 23.8 Å². The topological polar surface area (TPSA) is 84.0 Å². The SMILES string of the molecule is CCNC(=O)COc1ccc(CN=C(NCC)NC(C)C(C)C)cc1OC. The Bertz CT molecular complexity index is 617. The van der Waals surface area contributed by atoms with Crippen LogP contribution < -0.4 is 25.4 Å². The van der Waals surface area contributed by atoms with Crippen molar-refractivity contribution < 1.29 is 14.3 Å². The molecule has 1 amide bonds. The van der Waals surface area contributed by atoms with Gasteiger partial charge < -0.3 is 25.4 Å². The van der Waals surface area contributed by atoms with E-state index in [2.05, 4.69) is 41.7 Å². The van der Waals surface area contributed by atoms with Crippen molar-refractivity contribution in [3.63, 3.8) is 0 Å². The minimum Gasteiger partial charge on any atom is -0.493 e. The number of methoxy groups -OCH3 is 1. The zero-order valence-electron chi connectivity index (χ0n) is 17.4. The second-order valence-corrected chi connectivity index (χ2v) is 6.60. The van der Waals surface area contributed by atoms with E-state index in [4.69, 9.17) is 9.47 Å². The number of amides is 1. The van der Waals surface area contributed by atoms with E-state index >= 15 is 0 Å². The van der Waals surface area contributed by atoms with Gasteiger partial charge in [-0.25, -0.2) is 4.99 Å². The molecule has 0 fully saturated rings. The maximum atomic E-state index is 11.5. The second kappa shape index (κ2) is 12.0. The first-order valence-electron chi connectivity index (χ1n) is 9.52. The highest BCUT2D eigenvalue weighted by molar-refractivity contribution is 5.80. The zero-order chi connectivity index (χ0) is 20.2. The predicted octanol–water partition coefficient (Wildman–Crippen LogP) is 2.31. The fourth-order valence-electron chi connectivity index (χ4n) is 2.19. The van der Waals surface area contributed by atoms with Crippen LogP contribution in [0.25, 0.3) is 0 Å². The maximum Gasteiger partial charge on any atom is 0.257 e. The van der Waals surface area contributed by atoms with Crippen LogP contribution in [0.5, 0.6) is 11.5 Å². The van der Waals surface area contributed by atoms with Gasteiger partial charge in [0.2, 0.25) is 0 Å². The maximum absolute atomic E-state index is 11.5. The lowest BCUT2D eigenvalue weighted by molar-refractivity contribution is -0.123. The summed E-state index contributed by atoms with van der Waals surface area (Å²) in [6.07, 6.45) is 0. The van der Waals surface area contributed by atoms with Crippen molar-refractivity contribution in [1.82, 2.24) is 16.0 Å². The number of nitrogens with zero attached hydrogens (tertiary/aromatic N) is 1. The number of rotatable bonds is 10. The smallest absolute Gasteiger partial charge is 0.257 e. The molecule has 0 aliphatic heterocycles. The molecule has 7 heteroatoms. The van der Waals surface area contributed by atoms with E-state index in [0.29, 0.717) is 36.5 Å². The molecule has 0 aliphatic rings. The third kappa shape index (κ3) is 8.19. The molecule has 1 unspecified atom stereocenters. The van der Waals surface area contributed by atoms with Gasteiger partial charge in [0.25, 0.3) is 5.91 Å². The molecule has 0 radical (unpaired) electrons. The summed E-state index contributed by atoms with van der Waals surface area (Å²) in [4.78, 5) is 16.2. The minimum absolute atomic E-state index is 0.0384. The summed E-state index contributed by atoms with van der Waals surface area (Å²) in [7, 11) is 1.58. The Balaban J connectivity index is 2.80. The predicted molar refractivity (Wildman–Crippen MR) is 109 cm³/mol. The van der Waals surface area contributed by atoms with Crippen LogP contribution in [0, 0.1) is 5.92 Å². The lowest BCUT2D eigenvalue weighted by Crippen LogP contribution is -2.44. The van der Waals surface area contributed by atoms with E-state index in [0.717, 1.165) is 18.1 Å². The molecule has 0 aromatic heterocycles. The van der Waals surface area contributed by atoms with Crippen LogP contribution in [0.3, 0.4) is 0 Å². The normalized spacial score (nSPS) is 12.5. The quantitative estimate of drug-likeness (QED) is 0.430. The number of likely N-dealkylation sites (N-methyl/N-ethyl adjacent to an activating group) is 1. The molecule has 1 aromatic rings. The van der Waals surface area contributed by atoms with Gasteiger partial charge in [0, 0.05) is 19.1 Å². The van der Waals surface area contributed by atoms with E-state index in [-0.39, 0.29) is 12.5 Å². The number of aliphatic imine (C=N–C) groups is 1. The van der Waals surface area contributed by atoms with Crippen molar-refractivity contribution in [2.75, 3.05) is 26.8 Å². The van der Waals surface area contributed by atoms with Gasteiger partial charge in [-0.1, -0.05) is 19.9 Å². The first-order valence-corrected chi connectivity index (χ1v) is 9.52. The molecule has 3 N–H and O–H groups in total. The Hall–Kier alpha value is -2.44. The van der Waals surface area contributed by atoms with Gasteiger partial charge in [0.15, 0.2) is 24.1 Å². The summed E-state index contributed by atoms with van der Waals surface area (Å²) >= 11 is 0. The molecule has 0 saturated carbocycles. The van der Waals surface area contributed by atoms with Gasteiger partial charge in [-0.2, -0.15) is 0 Å². The van der Waals surface area contributed by atoms with Crippen LogP contribution >= 0.6 is 0 Å². The summed E-state index contributed by atoms with van der Waals surface area (Å²) in [5.41, 5.74) is 0.992. The van der Waals surface area contributed by atoms with Crippen LogP contribution in [-0.2, 0) is 11.3 Å². The van der Waals surface area contributed by atoms with Crippen LogP contribution in [0.1, 0.15) is 40.2 Å². The van der Waals surface area contributed by atoms with Gasteiger partial charge >= 0.3 is 0 Å². The number of hydrogen-bond donors (Lipinski definition) is 3. The molecule has 0 aliphatic carbocycles. The molecule has 152 valence electrons. The number of nitrogens with one attached hydrogen (secondary N) is 3. The van der Waals surface area contributed by atoms with E-state index in [9.17, 15) is 4.79 Å². The van der Waals surface area contributed by atoms with E-state index < -0.39 is 0 Å². The van der Waals surface area contributed by atoms with E-state index in [1.807, 2.05) is 26.0 Å². The van der Waals surface area contributed by atoms with Crippen molar-refractivity contribution >= 4 is 11.9 Å². The van der Waals surface area contributed by atoms with Crippen LogP contribution in [-0.4, -0.2) is 44.7 Å². The van der Waals surface area contributed by atoms with Gasteiger partial charge in [-0.05, 0) is 44.4 Å². The molecule has 1 atom stereocenters. The Morgan fingerprint density at radius 3 is 2.41 bits per heavy atom. The molecular formula is C20H34N4O3. The molecule has 0 saturated heterocycles. The summed E-state index contributed by atoms with van der Waals surface area (Å²) in [5.74, 6) is 2.26. The molecule has 1 aromatic carbocycles. The van der Waals surface area contributed by atoms with E-state index in [1.54, 1.807) is 13.2 Å². The fraction of sp³-hybridized carbons (Fsp3) is 0.600. The number of carbonyl (C=O) groups excluding carboxylic acids is 1. The van der Waals surface area contributed by atoms with Gasteiger partial charge in [-0.3, -0.25) is 4.79 Å². The lowest BCUT2D eigenvalue weighted by Gasteiger charge is -2.20. The van der Waals surface area contributed by atoms with Gasteiger partial charge in [0.05, 0.1) is 13.7 Å². The molecule has 7 nitrogen and oxygen atoms in total. The third-order valence-electron chi connectivity index (χ3n) is 4.09. The van der Waals surface area contributed by atoms with Crippen molar-refractivity contribution in [3.8, 4) is 11.5 Å². The third-order valence-corrected chi connectivity index (χ3v) is 4.09. The molecule has 27 heavy (non-hydrogen) atoms. The highest BCUT2D eigenvalue weighted by Crippen LogP contribution is 2.28. The highest BCUT2D eigenvalue weighted by Gasteiger charge is 2.10. The average molecular weight is 379 g/mol. The first-order chi connectivity index (χ1) is 12.9. The van der Waals surface area contributed by atoms with E-state index in [1.165, 1.54) is 0 Å². The van der Waals surface area contributed by atoms with Crippen LogP contribution in [0.15, 0.2) is 23.2 Å². The Morgan fingerprint density at radius 2 is 1.81 bits per heavy atom. The molecular weight excluding hydrogens is 344 g/mol. The molecule has 0 spiro atoms. The minimum atomic E-state index is -0.158. The Kier molecular flexibility index (Phi) is 10.1. The fourth-order valence-corrected chi connectivity index (χ4v) is 2.19. The molecule has 0 bridgehead atoms. The number of ether oxygens (including phenoxy) is 2. The Morgan fingerprint density at radius 1 is 1.11 bits per heavy atom. The Labute approximate surface area is 162 Å². The number of hydrogen-bond acceptors (Lipinski definition) is 4. The monoisotopic (exact) mass is 378 g/mol. The number of benzene rings is 1. The first kappa shape index (κ1) is 22.6. The van der Waals surface area contributed by atoms with Crippen LogP contribution in [0.2, 0.25) is 0 Å². The number of carbonyl (C=O) groups is 1. The van der Waals surface area contributed by atoms with Gasteiger partial charge in [0.1, 0.15) is 0 Å². The summed E-state index contributed by atoms with van der Waals surface area (Å²) in [6.45, 7) is 12.2. The summed E-state index contributed by atoms with van der Waals surface area (Å²) in [5, 5.41) is 9.37. The summed E-state index contributed by atoms with van der Waals surface area (Å²) < 4.78 is 10.9. The van der Waals surface area contributed by atoms with Crippen molar-refractivity contribution in [1.29, 1.82) is 0 Å². The van der Waals surface area contributed by atoms with Crippen molar-refractivity contribution in [2.24, 2.45) is 10.9 Å². The zero-order valence-corrected chi connectivity index (χ0v) is 17.4. The molecule has 0 heterocycles. The molecule has 1 rings (SSSR count). The second-order valence-electron chi connectivity index (χ2n) is 6.60.